The highest BCUT2D eigenvalue weighted by Gasteiger charge is 2.24. The van der Waals surface area contributed by atoms with Crippen LogP contribution >= 0.6 is 0 Å². The second-order valence-corrected chi connectivity index (χ2v) is 4.35. The first kappa shape index (κ1) is 14.2. The van der Waals surface area contributed by atoms with E-state index in [-0.39, 0.29) is 12.8 Å². The average molecular weight is 244 g/mol. The van der Waals surface area contributed by atoms with Gasteiger partial charge >= 0.3 is 5.97 Å². The van der Waals surface area contributed by atoms with Crippen LogP contribution in [0.4, 0.5) is 0 Å². The molecule has 0 bridgehead atoms. The minimum absolute atomic E-state index is 0.125. The zero-order chi connectivity index (χ0) is 12.8. The summed E-state index contributed by atoms with van der Waals surface area (Å²) in [7, 11) is 0. The smallest absolute Gasteiger partial charge is 0.309 e. The van der Waals surface area contributed by atoms with Crippen molar-refractivity contribution in [3.05, 3.63) is 12.2 Å². The van der Waals surface area contributed by atoms with E-state index in [0.717, 1.165) is 6.42 Å². The minimum atomic E-state index is -1.04. The average Bonchev–Trinajstić information content (AvgIpc) is 2.24. The Labute approximate surface area is 101 Å². The maximum Gasteiger partial charge on any atom is 0.309 e. The molecule has 1 aliphatic heterocycles. The van der Waals surface area contributed by atoms with E-state index in [0.29, 0.717) is 6.42 Å². The van der Waals surface area contributed by atoms with Crippen LogP contribution < -0.4 is 0 Å². The van der Waals surface area contributed by atoms with Crippen molar-refractivity contribution in [1.82, 2.24) is 0 Å². The van der Waals surface area contributed by atoms with Crippen LogP contribution in [0.5, 0.6) is 0 Å². The van der Waals surface area contributed by atoms with Crippen molar-refractivity contribution < 1.29 is 24.9 Å². The van der Waals surface area contributed by atoms with Crippen LogP contribution in [0.15, 0.2) is 12.2 Å². The summed E-state index contributed by atoms with van der Waals surface area (Å²) in [5.74, 6) is -0.482. The largest absolute Gasteiger partial charge is 0.462 e. The first-order valence-corrected chi connectivity index (χ1v) is 5.95. The normalized spacial score (nSPS) is 37.3. The van der Waals surface area contributed by atoms with E-state index in [1.165, 1.54) is 12.2 Å². The highest BCUT2D eigenvalue weighted by atomic mass is 16.5. The van der Waals surface area contributed by atoms with E-state index in [2.05, 4.69) is 0 Å². The lowest BCUT2D eigenvalue weighted by molar-refractivity contribution is -0.153. The van der Waals surface area contributed by atoms with Gasteiger partial charge in [-0.15, -0.1) is 0 Å². The summed E-state index contributed by atoms with van der Waals surface area (Å²) in [4.78, 5) is 11.4. The molecule has 0 unspecified atom stereocenters. The summed E-state index contributed by atoms with van der Waals surface area (Å²) in [6.45, 7) is 1.95. The summed E-state index contributed by atoms with van der Waals surface area (Å²) < 4.78 is 5.15. The SMILES string of the molecule is CCC[C@@H]1C[C@H](O)[C@@H](O)/C=C\[C@@H](O)CC(=O)O1. The van der Waals surface area contributed by atoms with Gasteiger partial charge in [0.1, 0.15) is 6.10 Å². The Bertz CT molecular complexity index is 276. The molecule has 1 aliphatic rings. The molecule has 0 spiro atoms. The summed E-state index contributed by atoms with van der Waals surface area (Å²) >= 11 is 0. The molecule has 3 N–H and O–H groups in total. The third kappa shape index (κ3) is 4.85. The second kappa shape index (κ2) is 6.74. The lowest BCUT2D eigenvalue weighted by Crippen LogP contribution is -2.33. The van der Waals surface area contributed by atoms with E-state index in [4.69, 9.17) is 4.74 Å². The van der Waals surface area contributed by atoms with Gasteiger partial charge in [-0.05, 0) is 6.42 Å². The van der Waals surface area contributed by atoms with Crippen molar-refractivity contribution >= 4 is 5.97 Å². The van der Waals surface area contributed by atoms with E-state index in [1.54, 1.807) is 0 Å². The fourth-order valence-electron chi connectivity index (χ4n) is 1.80. The predicted octanol–water partition coefficient (Wildman–Crippen LogP) is 0.131. The molecule has 0 aliphatic carbocycles. The Morgan fingerprint density at radius 2 is 2.06 bits per heavy atom. The molecule has 1 rings (SSSR count). The van der Waals surface area contributed by atoms with E-state index >= 15 is 0 Å². The molecular formula is C12H20O5. The third-order valence-electron chi connectivity index (χ3n) is 2.71. The number of esters is 1. The van der Waals surface area contributed by atoms with Gasteiger partial charge in [0.25, 0.3) is 0 Å². The van der Waals surface area contributed by atoms with Crippen molar-refractivity contribution in [3.8, 4) is 0 Å². The van der Waals surface area contributed by atoms with E-state index in [1.807, 2.05) is 6.92 Å². The summed E-state index contributed by atoms with van der Waals surface area (Å²) in [6, 6.07) is 0. The molecular weight excluding hydrogens is 224 g/mol. The van der Waals surface area contributed by atoms with Crippen LogP contribution in [0.25, 0.3) is 0 Å². The summed E-state index contributed by atoms with van der Waals surface area (Å²) in [5, 5.41) is 28.7. The second-order valence-electron chi connectivity index (χ2n) is 4.35. The van der Waals surface area contributed by atoms with Crippen LogP contribution in [0.1, 0.15) is 32.6 Å². The highest BCUT2D eigenvalue weighted by molar-refractivity contribution is 5.70. The van der Waals surface area contributed by atoms with Crippen molar-refractivity contribution in [3.63, 3.8) is 0 Å². The van der Waals surface area contributed by atoms with Crippen molar-refractivity contribution in [2.45, 2.75) is 57.0 Å². The fourth-order valence-corrected chi connectivity index (χ4v) is 1.80. The maximum absolute atomic E-state index is 11.4. The molecule has 0 aromatic carbocycles. The number of aliphatic hydroxyl groups is 3. The number of hydrogen-bond donors (Lipinski definition) is 3. The minimum Gasteiger partial charge on any atom is -0.462 e. The number of cyclic esters (lactones) is 1. The number of carbonyl (C=O) groups excluding carboxylic acids is 1. The zero-order valence-electron chi connectivity index (χ0n) is 9.95. The number of ether oxygens (including phenoxy) is 1. The van der Waals surface area contributed by atoms with Crippen LogP contribution in [0.3, 0.4) is 0 Å². The molecule has 98 valence electrons. The van der Waals surface area contributed by atoms with Gasteiger partial charge in [-0.2, -0.15) is 0 Å². The molecule has 0 amide bonds. The molecule has 5 nitrogen and oxygen atoms in total. The van der Waals surface area contributed by atoms with Gasteiger partial charge in [0, 0.05) is 6.42 Å². The number of carbonyl (C=O) groups is 1. The molecule has 0 aromatic heterocycles. The quantitative estimate of drug-likeness (QED) is 0.475. The van der Waals surface area contributed by atoms with Gasteiger partial charge in [-0.1, -0.05) is 25.5 Å². The van der Waals surface area contributed by atoms with E-state index in [9.17, 15) is 20.1 Å². The lowest BCUT2D eigenvalue weighted by Gasteiger charge is -2.24. The third-order valence-corrected chi connectivity index (χ3v) is 2.71. The lowest BCUT2D eigenvalue weighted by atomic mass is 10.0. The van der Waals surface area contributed by atoms with Gasteiger partial charge < -0.3 is 20.1 Å². The van der Waals surface area contributed by atoms with Crippen molar-refractivity contribution in [2.75, 3.05) is 0 Å². The van der Waals surface area contributed by atoms with Crippen molar-refractivity contribution in [2.24, 2.45) is 0 Å². The first-order valence-electron chi connectivity index (χ1n) is 5.95. The monoisotopic (exact) mass is 244 g/mol. The van der Waals surface area contributed by atoms with Gasteiger partial charge in [-0.25, -0.2) is 0 Å². The zero-order valence-corrected chi connectivity index (χ0v) is 9.95. The number of aliphatic hydroxyl groups excluding tert-OH is 3. The van der Waals surface area contributed by atoms with Crippen LogP contribution in [-0.4, -0.2) is 45.7 Å². The molecule has 0 saturated heterocycles. The van der Waals surface area contributed by atoms with Gasteiger partial charge in [-0.3, -0.25) is 4.79 Å². The summed E-state index contributed by atoms with van der Waals surface area (Å²) in [6.07, 6.45) is 0.740. The topological polar surface area (TPSA) is 87.0 Å². The van der Waals surface area contributed by atoms with Crippen molar-refractivity contribution in [1.29, 1.82) is 0 Å². The van der Waals surface area contributed by atoms with Crippen LogP contribution in [-0.2, 0) is 9.53 Å². The van der Waals surface area contributed by atoms with Gasteiger partial charge in [0.15, 0.2) is 0 Å². The van der Waals surface area contributed by atoms with Crippen LogP contribution in [0.2, 0.25) is 0 Å². The molecule has 0 fully saturated rings. The number of rotatable bonds is 2. The van der Waals surface area contributed by atoms with Gasteiger partial charge in [0.05, 0.1) is 24.7 Å². The highest BCUT2D eigenvalue weighted by Crippen LogP contribution is 2.16. The first-order chi connectivity index (χ1) is 8.02. The molecule has 0 aromatic rings. The fraction of sp³-hybridized carbons (Fsp3) is 0.750. The summed E-state index contributed by atoms with van der Waals surface area (Å²) in [5.41, 5.74) is 0. The Balaban J connectivity index is 2.74. The maximum atomic E-state index is 11.4. The van der Waals surface area contributed by atoms with E-state index < -0.39 is 30.4 Å². The molecule has 0 radical (unpaired) electrons. The molecule has 4 atom stereocenters. The standard InChI is InChI=1S/C12H20O5/c1-2-3-9-7-11(15)10(14)5-4-8(13)6-12(16)17-9/h4-5,8-11,13-15H,2-3,6-7H2,1H3/b5-4-/t8-,9-,10+,11+/m1/s1. The Morgan fingerprint density at radius 3 is 2.71 bits per heavy atom. The number of hydrogen-bond acceptors (Lipinski definition) is 5. The molecule has 0 saturated carbocycles. The Morgan fingerprint density at radius 1 is 1.35 bits per heavy atom. The molecule has 17 heavy (non-hydrogen) atoms. The molecule has 1 heterocycles. The Hall–Kier alpha value is -0.910. The van der Waals surface area contributed by atoms with Crippen LogP contribution in [0, 0.1) is 0 Å². The predicted molar refractivity (Wildman–Crippen MR) is 61.2 cm³/mol. The molecule has 5 heteroatoms. The van der Waals surface area contributed by atoms with Gasteiger partial charge in [0.2, 0.25) is 0 Å². The Kier molecular flexibility index (Phi) is 5.61.